The van der Waals surface area contributed by atoms with Crippen molar-refractivity contribution >= 4 is 16.7 Å². The van der Waals surface area contributed by atoms with E-state index in [0.29, 0.717) is 0 Å². The van der Waals surface area contributed by atoms with Crippen LogP contribution in [-0.4, -0.2) is 16.1 Å². The SMILES string of the molecule is CCn1c(C2CNc3ccccc32)nc2cc(F)ccc21. The Bertz CT molecular complexity index is 822. The standard InChI is InChI=1S/C17H16FN3/c1-2-21-16-8-7-11(18)9-15(16)20-17(21)13-10-19-14-6-4-3-5-12(13)14/h3-9,13,19H,2,10H2,1H3. The van der Waals surface area contributed by atoms with Gasteiger partial charge < -0.3 is 9.88 Å². The highest BCUT2D eigenvalue weighted by atomic mass is 19.1. The van der Waals surface area contributed by atoms with Crippen molar-refractivity contribution in [3.63, 3.8) is 0 Å². The van der Waals surface area contributed by atoms with E-state index in [1.165, 1.54) is 23.4 Å². The van der Waals surface area contributed by atoms with Crippen LogP contribution in [0.5, 0.6) is 0 Å². The summed E-state index contributed by atoms with van der Waals surface area (Å²) in [4.78, 5) is 4.71. The Morgan fingerprint density at radius 1 is 1.29 bits per heavy atom. The Kier molecular flexibility index (Phi) is 2.70. The number of halogens is 1. The van der Waals surface area contributed by atoms with E-state index in [-0.39, 0.29) is 11.7 Å². The van der Waals surface area contributed by atoms with Crippen LogP contribution in [0, 0.1) is 5.82 Å². The number of aromatic nitrogens is 2. The third-order valence-electron chi connectivity index (χ3n) is 4.20. The van der Waals surface area contributed by atoms with E-state index in [2.05, 4.69) is 35.0 Å². The minimum Gasteiger partial charge on any atom is -0.384 e. The van der Waals surface area contributed by atoms with Gasteiger partial charge >= 0.3 is 0 Å². The Morgan fingerprint density at radius 3 is 3.00 bits per heavy atom. The van der Waals surface area contributed by atoms with Crippen molar-refractivity contribution in [2.45, 2.75) is 19.4 Å². The summed E-state index contributed by atoms with van der Waals surface area (Å²) in [5.74, 6) is 0.993. The number of nitrogens with zero attached hydrogens (tertiary/aromatic N) is 2. The molecule has 0 bridgehead atoms. The molecule has 0 spiro atoms. The van der Waals surface area contributed by atoms with Gasteiger partial charge in [0.1, 0.15) is 11.6 Å². The molecule has 1 atom stereocenters. The summed E-state index contributed by atoms with van der Waals surface area (Å²) in [6, 6.07) is 13.1. The van der Waals surface area contributed by atoms with E-state index in [9.17, 15) is 4.39 Å². The zero-order valence-electron chi connectivity index (χ0n) is 11.8. The molecule has 1 aromatic heterocycles. The third-order valence-corrected chi connectivity index (χ3v) is 4.20. The number of hydrogen-bond donors (Lipinski definition) is 1. The summed E-state index contributed by atoms with van der Waals surface area (Å²) in [6.07, 6.45) is 0. The molecule has 2 aromatic carbocycles. The predicted molar refractivity (Wildman–Crippen MR) is 82.1 cm³/mol. The van der Waals surface area contributed by atoms with Crippen molar-refractivity contribution < 1.29 is 4.39 Å². The number of para-hydroxylation sites is 1. The number of aryl methyl sites for hydroxylation is 1. The van der Waals surface area contributed by atoms with E-state index in [1.54, 1.807) is 0 Å². The molecule has 2 heterocycles. The number of fused-ring (bicyclic) bond motifs is 2. The second-order valence-electron chi connectivity index (χ2n) is 5.37. The molecule has 1 aliphatic heterocycles. The molecule has 106 valence electrons. The first-order valence-electron chi connectivity index (χ1n) is 7.26. The summed E-state index contributed by atoms with van der Waals surface area (Å²) in [7, 11) is 0. The Balaban J connectivity index is 1.91. The predicted octanol–water partition coefficient (Wildman–Crippen LogP) is 3.75. The van der Waals surface area contributed by atoms with Gasteiger partial charge in [-0.15, -0.1) is 0 Å². The molecule has 0 radical (unpaired) electrons. The molecule has 0 saturated carbocycles. The van der Waals surface area contributed by atoms with Gasteiger partial charge in [-0.05, 0) is 30.7 Å². The van der Waals surface area contributed by atoms with Crippen molar-refractivity contribution in [2.24, 2.45) is 0 Å². The summed E-state index contributed by atoms with van der Waals surface area (Å²) >= 11 is 0. The van der Waals surface area contributed by atoms with Gasteiger partial charge in [0.25, 0.3) is 0 Å². The van der Waals surface area contributed by atoms with E-state index in [1.807, 2.05) is 12.1 Å². The van der Waals surface area contributed by atoms with Gasteiger partial charge in [-0.3, -0.25) is 0 Å². The van der Waals surface area contributed by atoms with Crippen LogP contribution >= 0.6 is 0 Å². The average Bonchev–Trinajstić information content (AvgIpc) is 3.06. The lowest BCUT2D eigenvalue weighted by atomic mass is 10.0. The number of benzene rings is 2. The van der Waals surface area contributed by atoms with Crippen LogP contribution < -0.4 is 5.32 Å². The summed E-state index contributed by atoms with van der Waals surface area (Å²) in [6.45, 7) is 3.77. The highest BCUT2D eigenvalue weighted by molar-refractivity contribution is 5.77. The Hall–Kier alpha value is -2.36. The third kappa shape index (κ3) is 1.82. The summed E-state index contributed by atoms with van der Waals surface area (Å²) in [5, 5.41) is 3.43. The molecule has 3 nitrogen and oxygen atoms in total. The molecule has 21 heavy (non-hydrogen) atoms. The van der Waals surface area contributed by atoms with Crippen LogP contribution in [0.3, 0.4) is 0 Å². The molecule has 1 aliphatic rings. The lowest BCUT2D eigenvalue weighted by molar-refractivity contribution is 0.629. The quantitative estimate of drug-likeness (QED) is 0.775. The first-order valence-corrected chi connectivity index (χ1v) is 7.26. The van der Waals surface area contributed by atoms with Crippen LogP contribution in [0.1, 0.15) is 24.2 Å². The van der Waals surface area contributed by atoms with E-state index >= 15 is 0 Å². The van der Waals surface area contributed by atoms with Gasteiger partial charge in [0.15, 0.2) is 0 Å². The van der Waals surface area contributed by atoms with Gasteiger partial charge in [0.05, 0.1) is 17.0 Å². The van der Waals surface area contributed by atoms with E-state index in [0.717, 1.165) is 29.9 Å². The normalized spacial score (nSPS) is 17.0. The van der Waals surface area contributed by atoms with Crippen LogP contribution in [0.15, 0.2) is 42.5 Å². The van der Waals surface area contributed by atoms with Crippen molar-refractivity contribution in [3.05, 3.63) is 59.7 Å². The number of rotatable bonds is 2. The highest BCUT2D eigenvalue weighted by Gasteiger charge is 2.27. The molecule has 0 aliphatic carbocycles. The zero-order chi connectivity index (χ0) is 14.4. The van der Waals surface area contributed by atoms with Crippen LogP contribution in [-0.2, 0) is 6.54 Å². The Labute approximate surface area is 122 Å². The molecule has 4 heteroatoms. The fourth-order valence-electron chi connectivity index (χ4n) is 3.23. The molecule has 0 fully saturated rings. The van der Waals surface area contributed by atoms with Crippen molar-refractivity contribution in [1.29, 1.82) is 0 Å². The first-order chi connectivity index (χ1) is 10.3. The van der Waals surface area contributed by atoms with Gasteiger partial charge in [-0.25, -0.2) is 9.37 Å². The number of nitrogens with one attached hydrogen (secondary N) is 1. The molecule has 4 rings (SSSR count). The number of anilines is 1. The van der Waals surface area contributed by atoms with Crippen molar-refractivity contribution in [3.8, 4) is 0 Å². The number of imidazole rings is 1. The van der Waals surface area contributed by atoms with Gasteiger partial charge in [-0.1, -0.05) is 18.2 Å². The molecule has 1 N–H and O–H groups in total. The van der Waals surface area contributed by atoms with Crippen molar-refractivity contribution in [1.82, 2.24) is 9.55 Å². The molecule has 0 amide bonds. The summed E-state index contributed by atoms with van der Waals surface area (Å²) in [5.41, 5.74) is 4.17. The molecule has 0 saturated heterocycles. The van der Waals surface area contributed by atoms with E-state index < -0.39 is 0 Å². The maximum Gasteiger partial charge on any atom is 0.125 e. The minimum absolute atomic E-state index is 0.219. The average molecular weight is 281 g/mol. The molecular weight excluding hydrogens is 265 g/mol. The van der Waals surface area contributed by atoms with E-state index in [4.69, 9.17) is 4.98 Å². The maximum atomic E-state index is 13.4. The smallest absolute Gasteiger partial charge is 0.125 e. The van der Waals surface area contributed by atoms with Gasteiger partial charge in [-0.2, -0.15) is 0 Å². The van der Waals surface area contributed by atoms with Crippen LogP contribution in [0.2, 0.25) is 0 Å². The maximum absolute atomic E-state index is 13.4. The van der Waals surface area contributed by atoms with Crippen LogP contribution in [0.25, 0.3) is 11.0 Å². The first kappa shape index (κ1) is 12.4. The minimum atomic E-state index is -0.236. The highest BCUT2D eigenvalue weighted by Crippen LogP contribution is 2.36. The monoisotopic (exact) mass is 281 g/mol. The fraction of sp³-hybridized carbons (Fsp3) is 0.235. The largest absolute Gasteiger partial charge is 0.384 e. The lowest BCUT2D eigenvalue weighted by Gasteiger charge is -2.12. The van der Waals surface area contributed by atoms with Crippen LogP contribution in [0.4, 0.5) is 10.1 Å². The number of hydrogen-bond acceptors (Lipinski definition) is 2. The fourth-order valence-corrected chi connectivity index (χ4v) is 3.23. The molecule has 3 aromatic rings. The lowest BCUT2D eigenvalue weighted by Crippen LogP contribution is -2.11. The molecule has 1 unspecified atom stereocenters. The van der Waals surface area contributed by atoms with Gasteiger partial charge in [0, 0.05) is 24.8 Å². The van der Waals surface area contributed by atoms with Gasteiger partial charge in [0.2, 0.25) is 0 Å². The van der Waals surface area contributed by atoms with Crippen molar-refractivity contribution in [2.75, 3.05) is 11.9 Å². The second kappa shape index (κ2) is 4.58. The topological polar surface area (TPSA) is 29.9 Å². The Morgan fingerprint density at radius 2 is 2.14 bits per heavy atom. The second-order valence-corrected chi connectivity index (χ2v) is 5.37. The molecular formula is C17H16FN3. The summed E-state index contributed by atoms with van der Waals surface area (Å²) < 4.78 is 15.6. The zero-order valence-corrected chi connectivity index (χ0v) is 11.8.